The molecule has 1 N–H and O–H groups in total. The summed E-state index contributed by atoms with van der Waals surface area (Å²) in [6.45, 7) is -0.322. The molecule has 1 aliphatic heterocycles. The summed E-state index contributed by atoms with van der Waals surface area (Å²) < 4.78 is 10.1. The molecule has 5 fully saturated rings. The van der Waals surface area contributed by atoms with Crippen LogP contribution in [0.2, 0.25) is 0 Å². The number of hydrogen-bond donors (Lipinski definition) is 1. The zero-order valence-corrected chi connectivity index (χ0v) is 21.3. The smallest absolute Gasteiger partial charge is 0.343 e. The number of urea groups is 1. The summed E-state index contributed by atoms with van der Waals surface area (Å²) in [6, 6.07) is 13.6. The van der Waals surface area contributed by atoms with Crippen LogP contribution in [0.5, 0.6) is 5.75 Å². The minimum absolute atomic E-state index is 0.205. The van der Waals surface area contributed by atoms with E-state index in [2.05, 4.69) is 22.2 Å². The highest BCUT2D eigenvalue weighted by Gasteiger charge is 2.51. The highest BCUT2D eigenvalue weighted by Crippen LogP contribution is 2.60. The fourth-order valence-corrected chi connectivity index (χ4v) is 7.40. The fourth-order valence-electron chi connectivity index (χ4n) is 7.40. The van der Waals surface area contributed by atoms with Crippen molar-refractivity contribution in [3.8, 4) is 5.75 Å². The molecular weight excluding hydrogens is 484 g/mol. The molecule has 0 aromatic heterocycles. The van der Waals surface area contributed by atoms with Gasteiger partial charge in [-0.05, 0) is 91.5 Å². The van der Waals surface area contributed by atoms with Gasteiger partial charge in [-0.15, -0.1) is 0 Å². The Bertz CT molecular complexity index is 1310. The van der Waals surface area contributed by atoms with Gasteiger partial charge in [0.05, 0.1) is 12.8 Å². The van der Waals surface area contributed by atoms with Gasteiger partial charge in [-0.25, -0.2) is 14.5 Å². The van der Waals surface area contributed by atoms with E-state index < -0.39 is 23.8 Å². The maximum atomic E-state index is 13.4. The number of nitrogens with zero attached hydrogens (tertiary/aromatic N) is 1. The Morgan fingerprint density at radius 2 is 1.61 bits per heavy atom. The molecule has 196 valence electrons. The summed E-state index contributed by atoms with van der Waals surface area (Å²) in [5.74, 6) is 0.672. The monoisotopic (exact) mass is 514 g/mol. The number of rotatable bonds is 6. The number of ether oxygens (including phenoxy) is 2. The molecule has 2 aromatic carbocycles. The van der Waals surface area contributed by atoms with Gasteiger partial charge >= 0.3 is 12.0 Å². The van der Waals surface area contributed by atoms with Gasteiger partial charge < -0.3 is 9.47 Å². The van der Waals surface area contributed by atoms with Crippen LogP contribution in [-0.4, -0.2) is 37.5 Å². The molecule has 4 amide bonds. The second-order valence-corrected chi connectivity index (χ2v) is 11.1. The molecule has 0 unspecified atom stereocenters. The van der Waals surface area contributed by atoms with E-state index in [1.54, 1.807) is 24.3 Å². The Hall–Kier alpha value is -3.94. The van der Waals surface area contributed by atoms with Crippen molar-refractivity contribution in [2.45, 2.75) is 43.9 Å². The minimum Gasteiger partial charge on any atom is -0.481 e. The van der Waals surface area contributed by atoms with Crippen molar-refractivity contribution in [2.24, 2.45) is 17.8 Å². The van der Waals surface area contributed by atoms with Crippen LogP contribution in [0.1, 0.15) is 49.7 Å². The van der Waals surface area contributed by atoms with E-state index in [9.17, 15) is 19.2 Å². The summed E-state index contributed by atoms with van der Waals surface area (Å²) in [7, 11) is 1.26. The maximum absolute atomic E-state index is 13.4. The molecule has 8 nitrogen and oxygen atoms in total. The number of carbonyl (C=O) groups is 4. The lowest BCUT2D eigenvalue weighted by atomic mass is 9.48. The summed E-state index contributed by atoms with van der Waals surface area (Å²) in [5.41, 5.74) is 2.12. The maximum Gasteiger partial charge on any atom is 0.343 e. The zero-order chi connectivity index (χ0) is 26.4. The Labute approximate surface area is 221 Å². The molecule has 8 heteroatoms. The number of anilines is 1. The number of imide groups is 2. The molecule has 7 rings (SSSR count). The molecule has 4 bridgehead atoms. The molecule has 5 aliphatic rings. The highest BCUT2D eigenvalue weighted by molar-refractivity contribution is 6.39. The fraction of sp³-hybridized carbons (Fsp3) is 0.400. The summed E-state index contributed by atoms with van der Waals surface area (Å²) in [5, 5.41) is 2.27. The number of benzene rings is 2. The van der Waals surface area contributed by atoms with Gasteiger partial charge in [-0.2, -0.15) is 0 Å². The third-order valence-electron chi connectivity index (χ3n) is 8.67. The number of amides is 4. The predicted octanol–water partition coefficient (Wildman–Crippen LogP) is 4.37. The summed E-state index contributed by atoms with van der Waals surface area (Å²) >= 11 is 0. The van der Waals surface area contributed by atoms with E-state index in [-0.39, 0.29) is 17.6 Å². The molecule has 4 aliphatic carbocycles. The van der Waals surface area contributed by atoms with Gasteiger partial charge in [-0.1, -0.05) is 30.3 Å². The standard InChI is InChI=1S/C30H30N2O6/c1-37-26(33)17-38-25-5-3-2-4-21(25)13-24-27(34)31-29(36)32(28(24)35)23-8-6-22(7-9-23)30-14-18-10-19(15-30)12-20(11-18)16-30/h2-9,13,18-20H,10-12,14-17H2,1H3,(H,31,34,36)/b24-13+. The largest absolute Gasteiger partial charge is 0.481 e. The van der Waals surface area contributed by atoms with Crippen LogP contribution < -0.4 is 15.0 Å². The van der Waals surface area contributed by atoms with Gasteiger partial charge in [0.1, 0.15) is 11.3 Å². The Morgan fingerprint density at radius 3 is 2.24 bits per heavy atom. The number of esters is 1. The van der Waals surface area contributed by atoms with Gasteiger partial charge in [-0.3, -0.25) is 14.9 Å². The molecule has 0 spiro atoms. The zero-order valence-electron chi connectivity index (χ0n) is 21.3. The van der Waals surface area contributed by atoms with Crippen molar-refractivity contribution in [1.29, 1.82) is 0 Å². The lowest BCUT2D eigenvalue weighted by molar-refractivity contribution is -0.143. The number of para-hydroxylation sites is 1. The number of barbiturate groups is 1. The number of methoxy groups -OCH3 is 1. The van der Waals surface area contributed by atoms with Gasteiger partial charge in [0.15, 0.2) is 6.61 Å². The van der Waals surface area contributed by atoms with Crippen molar-refractivity contribution in [2.75, 3.05) is 18.6 Å². The molecule has 0 atom stereocenters. The predicted molar refractivity (Wildman–Crippen MR) is 139 cm³/mol. The minimum atomic E-state index is -0.788. The van der Waals surface area contributed by atoms with Gasteiger partial charge in [0.25, 0.3) is 11.8 Å². The van der Waals surface area contributed by atoms with Crippen LogP contribution in [0.15, 0.2) is 54.1 Å². The van der Waals surface area contributed by atoms with Crippen molar-refractivity contribution in [3.05, 3.63) is 65.2 Å². The van der Waals surface area contributed by atoms with E-state index in [1.165, 1.54) is 57.3 Å². The quantitative estimate of drug-likeness (QED) is 0.349. The van der Waals surface area contributed by atoms with E-state index >= 15 is 0 Å². The molecule has 0 radical (unpaired) electrons. The first-order chi connectivity index (χ1) is 18.3. The van der Waals surface area contributed by atoms with Crippen molar-refractivity contribution in [3.63, 3.8) is 0 Å². The van der Waals surface area contributed by atoms with Gasteiger partial charge in [0, 0.05) is 5.56 Å². The Morgan fingerprint density at radius 1 is 0.974 bits per heavy atom. The number of hydrogen-bond acceptors (Lipinski definition) is 6. The normalized spacial score (nSPS) is 29.0. The third kappa shape index (κ3) is 4.27. The van der Waals surface area contributed by atoms with Crippen LogP contribution >= 0.6 is 0 Å². The molecule has 1 saturated heterocycles. The number of nitrogens with one attached hydrogen (secondary N) is 1. The topological polar surface area (TPSA) is 102 Å². The van der Waals surface area contributed by atoms with Crippen LogP contribution in [0, 0.1) is 17.8 Å². The Balaban J connectivity index is 1.26. The third-order valence-corrected chi connectivity index (χ3v) is 8.67. The molecular formula is C30H30N2O6. The van der Waals surface area contributed by atoms with Crippen molar-refractivity contribution < 1.29 is 28.7 Å². The van der Waals surface area contributed by atoms with E-state index in [4.69, 9.17) is 4.74 Å². The lowest BCUT2D eigenvalue weighted by Crippen LogP contribution is -2.54. The first kappa shape index (κ1) is 24.4. The summed E-state index contributed by atoms with van der Waals surface area (Å²) in [6.07, 6.45) is 9.12. The molecule has 38 heavy (non-hydrogen) atoms. The Kier molecular flexibility index (Phi) is 6.05. The van der Waals surface area contributed by atoms with Crippen molar-refractivity contribution in [1.82, 2.24) is 5.32 Å². The average molecular weight is 515 g/mol. The second kappa shape index (κ2) is 9.42. The SMILES string of the molecule is COC(=O)COc1ccccc1/C=C1\C(=O)NC(=O)N(c2ccc(C34CC5CC(CC(C5)C3)C4)cc2)C1=O. The second-order valence-electron chi connectivity index (χ2n) is 11.1. The average Bonchev–Trinajstić information content (AvgIpc) is 2.89. The first-order valence-corrected chi connectivity index (χ1v) is 13.2. The first-order valence-electron chi connectivity index (χ1n) is 13.2. The summed E-state index contributed by atoms with van der Waals surface area (Å²) in [4.78, 5) is 51.4. The van der Waals surface area contributed by atoms with E-state index in [0.717, 1.165) is 22.7 Å². The molecule has 2 aromatic rings. The van der Waals surface area contributed by atoms with Crippen molar-refractivity contribution >= 4 is 35.6 Å². The molecule has 4 saturated carbocycles. The van der Waals surface area contributed by atoms with Crippen LogP contribution in [0.3, 0.4) is 0 Å². The van der Waals surface area contributed by atoms with Crippen LogP contribution in [0.4, 0.5) is 10.5 Å². The van der Waals surface area contributed by atoms with Crippen LogP contribution in [-0.2, 0) is 24.5 Å². The van der Waals surface area contributed by atoms with Crippen LogP contribution in [0.25, 0.3) is 6.08 Å². The van der Waals surface area contributed by atoms with E-state index in [0.29, 0.717) is 17.0 Å². The van der Waals surface area contributed by atoms with Gasteiger partial charge in [0.2, 0.25) is 0 Å². The lowest BCUT2D eigenvalue weighted by Gasteiger charge is -2.57. The number of carbonyl (C=O) groups excluding carboxylic acids is 4. The van der Waals surface area contributed by atoms with E-state index in [1.807, 2.05) is 12.1 Å². The highest BCUT2D eigenvalue weighted by atomic mass is 16.6. The molecule has 1 heterocycles.